The number of benzene rings is 2. The van der Waals surface area contributed by atoms with Gasteiger partial charge < -0.3 is 29.6 Å². The molecule has 0 aliphatic heterocycles. The SMILES string of the molecule is COc1cc(OC)c(OC)cc1CNC(=O)CNC(=O)COc1ccccc1. The van der Waals surface area contributed by atoms with Crippen LogP contribution in [0.3, 0.4) is 0 Å². The largest absolute Gasteiger partial charge is 0.496 e. The van der Waals surface area contributed by atoms with Crippen LogP contribution >= 0.6 is 0 Å². The zero-order chi connectivity index (χ0) is 20.4. The zero-order valence-corrected chi connectivity index (χ0v) is 16.1. The molecule has 2 rings (SSSR count). The Morgan fingerprint density at radius 2 is 1.46 bits per heavy atom. The van der Waals surface area contributed by atoms with Crippen LogP contribution in [0.5, 0.6) is 23.0 Å². The second-order valence-electron chi connectivity index (χ2n) is 5.67. The van der Waals surface area contributed by atoms with Crippen LogP contribution < -0.4 is 29.6 Å². The molecular formula is C20H24N2O6. The minimum absolute atomic E-state index is 0.160. The van der Waals surface area contributed by atoms with E-state index in [9.17, 15) is 9.59 Å². The molecule has 8 nitrogen and oxygen atoms in total. The molecule has 2 amide bonds. The molecule has 0 fully saturated rings. The van der Waals surface area contributed by atoms with Gasteiger partial charge in [-0.15, -0.1) is 0 Å². The maximum atomic E-state index is 12.0. The molecule has 0 aliphatic carbocycles. The number of carbonyl (C=O) groups excluding carboxylic acids is 2. The first-order chi connectivity index (χ1) is 13.6. The third kappa shape index (κ3) is 6.08. The molecule has 0 unspecified atom stereocenters. The highest BCUT2D eigenvalue weighted by Gasteiger charge is 2.13. The van der Waals surface area contributed by atoms with E-state index in [4.69, 9.17) is 18.9 Å². The van der Waals surface area contributed by atoms with Gasteiger partial charge in [0.15, 0.2) is 18.1 Å². The number of carbonyl (C=O) groups is 2. The van der Waals surface area contributed by atoms with Crippen molar-refractivity contribution in [2.45, 2.75) is 6.54 Å². The Morgan fingerprint density at radius 3 is 2.11 bits per heavy atom. The predicted octanol–water partition coefficient (Wildman–Crippen LogP) is 1.52. The lowest BCUT2D eigenvalue weighted by molar-refractivity contribution is -0.127. The van der Waals surface area contributed by atoms with Crippen LogP contribution in [0.4, 0.5) is 0 Å². The summed E-state index contributed by atoms with van der Waals surface area (Å²) < 4.78 is 21.1. The van der Waals surface area contributed by atoms with Crippen molar-refractivity contribution in [1.82, 2.24) is 10.6 Å². The average molecular weight is 388 g/mol. The van der Waals surface area contributed by atoms with Crippen LogP contribution in [-0.2, 0) is 16.1 Å². The van der Waals surface area contributed by atoms with Gasteiger partial charge in [-0.25, -0.2) is 0 Å². The quantitative estimate of drug-likeness (QED) is 0.641. The van der Waals surface area contributed by atoms with Crippen molar-refractivity contribution in [2.75, 3.05) is 34.5 Å². The minimum atomic E-state index is -0.386. The number of amides is 2. The highest BCUT2D eigenvalue weighted by molar-refractivity contribution is 5.85. The van der Waals surface area contributed by atoms with E-state index < -0.39 is 0 Å². The number of hydrogen-bond donors (Lipinski definition) is 2. The number of para-hydroxylation sites is 1. The van der Waals surface area contributed by atoms with Crippen molar-refractivity contribution in [3.63, 3.8) is 0 Å². The third-order valence-electron chi connectivity index (χ3n) is 3.82. The number of nitrogens with one attached hydrogen (secondary N) is 2. The fourth-order valence-corrected chi connectivity index (χ4v) is 2.38. The maximum Gasteiger partial charge on any atom is 0.258 e. The van der Waals surface area contributed by atoms with Crippen molar-refractivity contribution in [3.05, 3.63) is 48.0 Å². The summed E-state index contributed by atoms with van der Waals surface area (Å²) in [5.74, 6) is 1.47. The van der Waals surface area contributed by atoms with Gasteiger partial charge in [0.25, 0.3) is 5.91 Å². The molecule has 2 N–H and O–H groups in total. The number of rotatable bonds is 10. The molecular weight excluding hydrogens is 364 g/mol. The summed E-state index contributed by atoms with van der Waals surface area (Å²) >= 11 is 0. The van der Waals surface area contributed by atoms with Gasteiger partial charge in [0.05, 0.1) is 27.9 Å². The Kier molecular flexibility index (Phi) is 7.95. The van der Waals surface area contributed by atoms with Gasteiger partial charge in [0, 0.05) is 18.2 Å². The van der Waals surface area contributed by atoms with E-state index in [0.717, 1.165) is 0 Å². The second kappa shape index (κ2) is 10.7. The van der Waals surface area contributed by atoms with E-state index in [0.29, 0.717) is 28.6 Å². The molecule has 0 saturated carbocycles. The summed E-state index contributed by atoms with van der Waals surface area (Å²) in [6.45, 7) is -0.119. The van der Waals surface area contributed by atoms with E-state index in [2.05, 4.69) is 10.6 Å². The van der Waals surface area contributed by atoms with Crippen molar-refractivity contribution < 1.29 is 28.5 Å². The molecule has 0 bridgehead atoms. The van der Waals surface area contributed by atoms with Gasteiger partial charge in [-0.3, -0.25) is 9.59 Å². The Morgan fingerprint density at radius 1 is 0.821 bits per heavy atom. The lowest BCUT2D eigenvalue weighted by Crippen LogP contribution is -2.38. The van der Waals surface area contributed by atoms with Crippen LogP contribution in [0.1, 0.15) is 5.56 Å². The van der Waals surface area contributed by atoms with Crippen LogP contribution in [0.15, 0.2) is 42.5 Å². The van der Waals surface area contributed by atoms with Crippen molar-refractivity contribution in [3.8, 4) is 23.0 Å². The van der Waals surface area contributed by atoms with E-state index in [1.165, 1.54) is 21.3 Å². The Balaban J connectivity index is 1.81. The van der Waals surface area contributed by atoms with Gasteiger partial charge in [-0.2, -0.15) is 0 Å². The van der Waals surface area contributed by atoms with Gasteiger partial charge in [0.2, 0.25) is 5.91 Å². The van der Waals surface area contributed by atoms with Crippen LogP contribution in [0, 0.1) is 0 Å². The molecule has 0 aliphatic rings. The molecule has 2 aromatic carbocycles. The molecule has 0 spiro atoms. The Hall–Kier alpha value is -3.42. The van der Waals surface area contributed by atoms with Gasteiger partial charge >= 0.3 is 0 Å². The van der Waals surface area contributed by atoms with Crippen LogP contribution in [0.25, 0.3) is 0 Å². The molecule has 0 aromatic heterocycles. The maximum absolute atomic E-state index is 12.0. The van der Waals surface area contributed by atoms with Crippen molar-refractivity contribution in [1.29, 1.82) is 0 Å². The van der Waals surface area contributed by atoms with Crippen molar-refractivity contribution >= 4 is 11.8 Å². The number of ether oxygens (including phenoxy) is 4. The fourth-order valence-electron chi connectivity index (χ4n) is 2.38. The molecule has 0 saturated heterocycles. The van der Waals surface area contributed by atoms with E-state index in [-0.39, 0.29) is 31.5 Å². The molecule has 0 radical (unpaired) electrons. The Bertz CT molecular complexity index is 795. The predicted molar refractivity (Wildman–Crippen MR) is 103 cm³/mol. The van der Waals surface area contributed by atoms with E-state index >= 15 is 0 Å². The molecule has 8 heteroatoms. The first-order valence-corrected chi connectivity index (χ1v) is 8.57. The summed E-state index contributed by atoms with van der Waals surface area (Å²) in [7, 11) is 4.59. The highest BCUT2D eigenvalue weighted by Crippen LogP contribution is 2.34. The highest BCUT2D eigenvalue weighted by atomic mass is 16.5. The molecule has 2 aromatic rings. The first kappa shape index (κ1) is 20.9. The minimum Gasteiger partial charge on any atom is -0.496 e. The molecule has 28 heavy (non-hydrogen) atoms. The lowest BCUT2D eigenvalue weighted by atomic mass is 10.1. The summed E-state index contributed by atoms with van der Waals surface area (Å²) in [4.78, 5) is 23.8. The smallest absolute Gasteiger partial charge is 0.258 e. The summed E-state index contributed by atoms with van der Waals surface area (Å²) in [5, 5.41) is 5.23. The van der Waals surface area contributed by atoms with Gasteiger partial charge in [-0.1, -0.05) is 18.2 Å². The molecule has 150 valence electrons. The monoisotopic (exact) mass is 388 g/mol. The molecule has 0 atom stereocenters. The first-order valence-electron chi connectivity index (χ1n) is 8.57. The topological polar surface area (TPSA) is 95.1 Å². The van der Waals surface area contributed by atoms with Crippen LogP contribution in [0.2, 0.25) is 0 Å². The number of hydrogen-bond acceptors (Lipinski definition) is 6. The van der Waals surface area contributed by atoms with Crippen molar-refractivity contribution in [2.24, 2.45) is 0 Å². The second-order valence-corrected chi connectivity index (χ2v) is 5.67. The Labute approximate surface area is 163 Å². The lowest BCUT2D eigenvalue weighted by Gasteiger charge is -2.14. The van der Waals surface area contributed by atoms with E-state index in [1.54, 1.807) is 24.3 Å². The summed E-state index contributed by atoms with van der Waals surface area (Å²) in [6, 6.07) is 12.4. The van der Waals surface area contributed by atoms with Gasteiger partial charge in [-0.05, 0) is 18.2 Å². The zero-order valence-electron chi connectivity index (χ0n) is 16.1. The molecule has 0 heterocycles. The standard InChI is InChI=1S/C20H24N2O6/c1-25-16-10-18(27-3)17(26-2)9-14(16)11-21-19(23)12-22-20(24)13-28-15-7-5-4-6-8-15/h4-10H,11-13H2,1-3H3,(H,21,23)(H,22,24). The van der Waals surface area contributed by atoms with Gasteiger partial charge in [0.1, 0.15) is 11.5 Å². The average Bonchev–Trinajstić information content (AvgIpc) is 2.74. The normalized spacial score (nSPS) is 9.96. The summed E-state index contributed by atoms with van der Waals surface area (Å²) in [6.07, 6.45) is 0. The number of methoxy groups -OCH3 is 3. The third-order valence-corrected chi connectivity index (χ3v) is 3.82. The summed E-state index contributed by atoms with van der Waals surface area (Å²) in [5.41, 5.74) is 0.715. The fraction of sp³-hybridized carbons (Fsp3) is 0.300. The van der Waals surface area contributed by atoms with E-state index in [1.807, 2.05) is 18.2 Å². The van der Waals surface area contributed by atoms with Crippen LogP contribution in [-0.4, -0.2) is 46.3 Å².